The number of benzene rings is 2. The van der Waals surface area contributed by atoms with Gasteiger partial charge in [0, 0.05) is 41.3 Å². The molecule has 4 aromatic rings. The number of carbonyl (C=O) groups excluding carboxylic acids is 3. The molecule has 2 aromatic carbocycles. The number of amides is 1. The highest BCUT2D eigenvalue weighted by Crippen LogP contribution is 2.52. The van der Waals surface area contributed by atoms with E-state index in [0.717, 1.165) is 9.86 Å². The summed E-state index contributed by atoms with van der Waals surface area (Å²) in [4.78, 5) is 63.8. The lowest BCUT2D eigenvalue weighted by Crippen LogP contribution is -3.00. The maximum absolute atomic E-state index is 13.7. The van der Waals surface area contributed by atoms with Gasteiger partial charge in [-0.1, -0.05) is 30.0 Å². The summed E-state index contributed by atoms with van der Waals surface area (Å²) < 4.78 is 9.26. The number of nitrogens with zero attached hydrogens (tertiary/aromatic N) is 5. The standard InChI is InChI=1S/C31H28N5O9S2.BrH/c1-16-24(23-13-33-15-32(29(46-3)30(33)47-23)12-22(38)19-6-10-21(11-7-19)36(43)44)27(34-26(16)25(17(2)37)28(34)39)31(40)45-14-18-4-8-20(9-5-18)35(41)42;/h4-11,13,15-17,25-26,37H,12,14H2,1-3H3;1H/q+1;/p-1/t16-,17+,25+,26+;/m0./s1. The van der Waals surface area contributed by atoms with Gasteiger partial charge in [0.1, 0.15) is 18.5 Å². The number of hydrogen-bond acceptors (Lipinski definition) is 11. The zero-order chi connectivity index (χ0) is 33.7. The molecule has 0 saturated carbocycles. The Morgan fingerprint density at radius 1 is 1.08 bits per heavy atom. The first-order valence-electron chi connectivity index (χ1n) is 14.4. The topological polar surface area (TPSA) is 178 Å². The number of ether oxygens (including phenoxy) is 1. The minimum Gasteiger partial charge on any atom is -1.00 e. The highest BCUT2D eigenvalue weighted by atomic mass is 79.9. The highest BCUT2D eigenvalue weighted by molar-refractivity contribution is 7.98. The molecule has 2 aromatic heterocycles. The van der Waals surface area contributed by atoms with Crippen molar-refractivity contribution >= 4 is 62.5 Å². The predicted octanol–water partition coefficient (Wildman–Crippen LogP) is 1.03. The SMILES string of the molecule is CSc1c2sc(C3=C(C(=O)OCc4ccc([N+](=O)[O-])cc4)N4C(=O)[C@H]([C@@H](C)O)[C@H]4[C@H]3C)cn2c[n+]1CC(=O)c1ccc([N+](=O)[O-])cc1.[Br-]. The second kappa shape index (κ2) is 13.6. The number of imidazole rings is 1. The first-order valence-corrected chi connectivity index (χ1v) is 16.5. The summed E-state index contributed by atoms with van der Waals surface area (Å²) >= 11 is 2.82. The number of aromatic nitrogens is 2. The molecule has 0 radical (unpaired) electrons. The normalized spacial score (nSPS) is 19.0. The Bertz CT molecular complexity index is 1990. The number of carbonyl (C=O) groups is 3. The number of aliphatic hydroxyl groups excluding tert-OH is 1. The molecular weight excluding hydrogens is 730 g/mol. The lowest BCUT2D eigenvalue weighted by molar-refractivity contribution is -0.716. The fourth-order valence-corrected chi connectivity index (χ4v) is 8.38. The van der Waals surface area contributed by atoms with Crippen molar-refractivity contribution in [3.63, 3.8) is 0 Å². The van der Waals surface area contributed by atoms with Crippen molar-refractivity contribution in [2.45, 2.75) is 44.2 Å². The second-order valence-electron chi connectivity index (χ2n) is 11.3. The summed E-state index contributed by atoms with van der Waals surface area (Å²) in [5.74, 6) is -2.32. The van der Waals surface area contributed by atoms with Crippen LogP contribution in [0, 0.1) is 32.1 Å². The number of fused-ring (bicyclic) bond motifs is 2. The lowest BCUT2D eigenvalue weighted by Gasteiger charge is -2.46. The third-order valence-corrected chi connectivity index (χ3v) is 10.5. The van der Waals surface area contributed by atoms with E-state index in [0.29, 0.717) is 21.6 Å². The van der Waals surface area contributed by atoms with Gasteiger partial charge in [0.25, 0.3) is 17.7 Å². The number of β-lactam (4-membered cyclic amide) rings is 1. The van der Waals surface area contributed by atoms with E-state index >= 15 is 0 Å². The van der Waals surface area contributed by atoms with Crippen LogP contribution in [0.3, 0.4) is 0 Å². The van der Waals surface area contributed by atoms with Crippen LogP contribution < -0.4 is 21.5 Å². The molecule has 250 valence electrons. The van der Waals surface area contributed by atoms with Crippen LogP contribution >= 0.6 is 23.1 Å². The van der Waals surface area contributed by atoms with Gasteiger partial charge in [0.05, 0.1) is 32.8 Å². The molecule has 48 heavy (non-hydrogen) atoms. The van der Waals surface area contributed by atoms with Gasteiger partial charge in [-0.25, -0.2) is 9.36 Å². The summed E-state index contributed by atoms with van der Waals surface area (Å²) in [5, 5.41) is 33.1. The molecule has 4 heterocycles. The van der Waals surface area contributed by atoms with Crippen LogP contribution in [-0.2, 0) is 27.5 Å². The van der Waals surface area contributed by atoms with Crippen molar-refractivity contribution in [1.82, 2.24) is 9.30 Å². The molecular formula is C31H28BrN5O9S2. The Labute approximate surface area is 291 Å². The van der Waals surface area contributed by atoms with Crippen LogP contribution in [-0.4, -0.2) is 60.3 Å². The number of rotatable bonds is 11. The van der Waals surface area contributed by atoms with Crippen LogP contribution in [0.2, 0.25) is 0 Å². The summed E-state index contributed by atoms with van der Waals surface area (Å²) in [5.41, 5.74) is 1.38. The Kier molecular flexibility index (Phi) is 9.87. The number of ketones is 1. The van der Waals surface area contributed by atoms with Gasteiger partial charge in [-0.3, -0.25) is 29.8 Å². The first-order chi connectivity index (χ1) is 22.4. The van der Waals surface area contributed by atoms with Crippen LogP contribution in [0.4, 0.5) is 11.4 Å². The lowest BCUT2D eigenvalue weighted by atomic mass is 9.77. The van der Waals surface area contributed by atoms with Crippen LogP contribution in [0.5, 0.6) is 0 Å². The molecule has 1 N–H and O–H groups in total. The molecule has 0 unspecified atom stereocenters. The third-order valence-electron chi connectivity index (χ3n) is 8.46. The monoisotopic (exact) mass is 757 g/mol. The molecule has 4 atom stereocenters. The maximum Gasteiger partial charge on any atom is 0.355 e. The smallest absolute Gasteiger partial charge is 0.355 e. The zero-order valence-corrected chi connectivity index (χ0v) is 28.9. The number of nitro groups is 2. The molecule has 0 bridgehead atoms. The summed E-state index contributed by atoms with van der Waals surface area (Å²) in [6.45, 7) is 3.28. The number of halogens is 1. The molecule has 14 nitrogen and oxygen atoms in total. The number of nitro benzene ring substituents is 2. The zero-order valence-electron chi connectivity index (χ0n) is 25.6. The quantitative estimate of drug-likeness (QED) is 0.0442. The molecule has 6 rings (SSSR count). The molecule has 2 aliphatic heterocycles. The fourth-order valence-electron chi connectivity index (χ4n) is 6.20. The van der Waals surface area contributed by atoms with E-state index in [1.165, 1.54) is 76.5 Å². The number of aliphatic hydroxyl groups is 1. The van der Waals surface area contributed by atoms with E-state index in [4.69, 9.17) is 4.74 Å². The molecule has 1 amide bonds. The Morgan fingerprint density at radius 2 is 1.69 bits per heavy atom. The van der Waals surface area contributed by atoms with E-state index in [9.17, 15) is 39.7 Å². The minimum atomic E-state index is -0.919. The minimum absolute atomic E-state index is 0. The number of non-ortho nitro benzene ring substituents is 2. The average molecular weight is 759 g/mol. The van der Waals surface area contributed by atoms with Gasteiger partial charge < -0.3 is 31.7 Å². The summed E-state index contributed by atoms with van der Waals surface area (Å²) in [7, 11) is 0. The van der Waals surface area contributed by atoms with Crippen molar-refractivity contribution in [2.75, 3.05) is 6.26 Å². The van der Waals surface area contributed by atoms with Crippen molar-refractivity contribution in [3.8, 4) is 0 Å². The summed E-state index contributed by atoms with van der Waals surface area (Å²) in [6.07, 6.45) is 4.54. The van der Waals surface area contributed by atoms with Crippen molar-refractivity contribution in [1.29, 1.82) is 0 Å². The number of esters is 1. The van der Waals surface area contributed by atoms with Gasteiger partial charge in [-0.15, -0.1) is 0 Å². The molecule has 0 aliphatic carbocycles. The second-order valence-corrected chi connectivity index (χ2v) is 13.1. The van der Waals surface area contributed by atoms with Gasteiger partial charge in [-0.05, 0) is 43.0 Å². The van der Waals surface area contributed by atoms with E-state index < -0.39 is 33.9 Å². The van der Waals surface area contributed by atoms with E-state index in [-0.39, 0.29) is 64.8 Å². The molecule has 1 fully saturated rings. The van der Waals surface area contributed by atoms with E-state index in [2.05, 4.69) is 0 Å². The maximum atomic E-state index is 13.7. The van der Waals surface area contributed by atoms with Crippen molar-refractivity contribution < 1.29 is 55.6 Å². The van der Waals surface area contributed by atoms with Crippen LogP contribution in [0.15, 0.2) is 71.8 Å². The van der Waals surface area contributed by atoms with E-state index in [1.54, 1.807) is 17.8 Å². The van der Waals surface area contributed by atoms with Gasteiger partial charge in [0.2, 0.25) is 21.5 Å². The average Bonchev–Trinajstić information content (AvgIpc) is 3.66. The van der Waals surface area contributed by atoms with Crippen LogP contribution in [0.25, 0.3) is 10.4 Å². The van der Waals surface area contributed by atoms with Gasteiger partial charge in [-0.2, -0.15) is 4.40 Å². The largest absolute Gasteiger partial charge is 1.00 e. The third kappa shape index (κ3) is 6.02. The number of thioether (sulfide) groups is 1. The van der Waals surface area contributed by atoms with Crippen molar-refractivity contribution in [2.24, 2.45) is 11.8 Å². The number of thiazole rings is 1. The number of Topliss-reactive ketones (excluding diaryl/α,β-unsaturated/α-hetero) is 1. The first kappa shape index (κ1) is 34.9. The predicted molar refractivity (Wildman–Crippen MR) is 169 cm³/mol. The Balaban J connectivity index is 0.00000451. The van der Waals surface area contributed by atoms with Gasteiger partial charge >= 0.3 is 5.97 Å². The molecule has 0 spiro atoms. The summed E-state index contributed by atoms with van der Waals surface area (Å²) in [6, 6.07) is 10.6. The van der Waals surface area contributed by atoms with Gasteiger partial charge in [0.15, 0.2) is 6.54 Å². The Hall–Kier alpha value is -4.45. The highest BCUT2D eigenvalue weighted by Gasteiger charge is 2.60. The fraction of sp³-hybridized carbons (Fsp3) is 0.290. The molecule has 17 heteroatoms. The number of hydrogen-bond donors (Lipinski definition) is 1. The van der Waals surface area contributed by atoms with Crippen molar-refractivity contribution in [3.05, 3.63) is 103 Å². The van der Waals surface area contributed by atoms with E-state index in [1.807, 2.05) is 23.8 Å². The molecule has 2 aliphatic rings. The molecule has 1 saturated heterocycles. The van der Waals surface area contributed by atoms with Crippen LogP contribution in [0.1, 0.15) is 34.6 Å². The Morgan fingerprint density at radius 3 is 2.25 bits per heavy atom.